The van der Waals surface area contributed by atoms with E-state index in [2.05, 4.69) is 53.9 Å². The third-order valence-corrected chi connectivity index (χ3v) is 3.86. The van der Waals surface area contributed by atoms with E-state index in [-0.39, 0.29) is 0 Å². The van der Waals surface area contributed by atoms with Crippen molar-refractivity contribution < 1.29 is 0 Å². The zero-order valence-electron chi connectivity index (χ0n) is 13.3. The van der Waals surface area contributed by atoms with Gasteiger partial charge in [0.25, 0.3) is 0 Å². The predicted molar refractivity (Wildman–Crippen MR) is 88.5 cm³/mol. The molecule has 0 aliphatic carbocycles. The van der Waals surface area contributed by atoms with Crippen molar-refractivity contribution in [3.8, 4) is 0 Å². The van der Waals surface area contributed by atoms with Gasteiger partial charge in [0.05, 0.1) is 6.20 Å². The first kappa shape index (κ1) is 15.8. The fourth-order valence-corrected chi connectivity index (χ4v) is 2.72. The lowest BCUT2D eigenvalue weighted by Crippen LogP contribution is -2.22. The molecule has 0 amide bonds. The first-order valence-corrected chi connectivity index (χ1v) is 8.02. The Morgan fingerprint density at radius 1 is 1.24 bits per heavy atom. The SMILES string of the molecule is CCCNCC(CCCc1cnn(C)c1)c1ccccc1. The molecule has 0 saturated heterocycles. The van der Waals surface area contributed by atoms with Gasteiger partial charge in [-0.2, -0.15) is 5.10 Å². The molecule has 21 heavy (non-hydrogen) atoms. The fourth-order valence-electron chi connectivity index (χ4n) is 2.72. The molecule has 0 bridgehead atoms. The quantitative estimate of drug-likeness (QED) is 0.714. The Labute approximate surface area is 128 Å². The van der Waals surface area contributed by atoms with Crippen LogP contribution in [0, 0.1) is 0 Å². The Kier molecular flexibility index (Phi) is 6.48. The highest BCUT2D eigenvalue weighted by Gasteiger charge is 2.11. The van der Waals surface area contributed by atoms with Crippen LogP contribution in [0.25, 0.3) is 0 Å². The van der Waals surface area contributed by atoms with Crippen LogP contribution in [-0.2, 0) is 13.5 Å². The number of hydrogen-bond donors (Lipinski definition) is 1. The van der Waals surface area contributed by atoms with E-state index >= 15 is 0 Å². The third-order valence-electron chi connectivity index (χ3n) is 3.86. The first-order chi connectivity index (χ1) is 10.3. The molecule has 2 aromatic rings. The van der Waals surface area contributed by atoms with Gasteiger partial charge in [0.2, 0.25) is 0 Å². The molecule has 0 spiro atoms. The maximum atomic E-state index is 4.24. The molecule has 114 valence electrons. The summed E-state index contributed by atoms with van der Waals surface area (Å²) in [4.78, 5) is 0. The summed E-state index contributed by atoms with van der Waals surface area (Å²) < 4.78 is 1.88. The van der Waals surface area contributed by atoms with Crippen LogP contribution in [0.4, 0.5) is 0 Å². The van der Waals surface area contributed by atoms with Crippen molar-refractivity contribution in [2.24, 2.45) is 7.05 Å². The number of aromatic nitrogens is 2. The largest absolute Gasteiger partial charge is 0.316 e. The fraction of sp³-hybridized carbons (Fsp3) is 0.500. The van der Waals surface area contributed by atoms with Crippen LogP contribution in [0.2, 0.25) is 0 Å². The van der Waals surface area contributed by atoms with Crippen molar-refractivity contribution in [2.45, 2.75) is 38.5 Å². The smallest absolute Gasteiger partial charge is 0.0521 e. The summed E-state index contributed by atoms with van der Waals surface area (Å²) in [7, 11) is 1.98. The van der Waals surface area contributed by atoms with Crippen molar-refractivity contribution in [3.63, 3.8) is 0 Å². The molecule has 0 aliphatic heterocycles. The lowest BCUT2D eigenvalue weighted by Gasteiger charge is -2.18. The molecule has 0 saturated carbocycles. The minimum absolute atomic E-state index is 0.606. The topological polar surface area (TPSA) is 29.9 Å². The molecule has 1 unspecified atom stereocenters. The van der Waals surface area contributed by atoms with E-state index in [1.165, 1.54) is 30.4 Å². The van der Waals surface area contributed by atoms with E-state index in [0.29, 0.717) is 5.92 Å². The van der Waals surface area contributed by atoms with Crippen LogP contribution in [0.15, 0.2) is 42.7 Å². The van der Waals surface area contributed by atoms with Crippen molar-refractivity contribution in [1.29, 1.82) is 0 Å². The van der Waals surface area contributed by atoms with Crippen LogP contribution in [-0.4, -0.2) is 22.9 Å². The van der Waals surface area contributed by atoms with Crippen molar-refractivity contribution in [1.82, 2.24) is 15.1 Å². The molecular formula is C18H27N3. The van der Waals surface area contributed by atoms with Crippen LogP contribution in [0.1, 0.15) is 43.2 Å². The van der Waals surface area contributed by atoms with Gasteiger partial charge in [-0.05, 0) is 49.3 Å². The van der Waals surface area contributed by atoms with E-state index in [0.717, 1.165) is 19.5 Å². The minimum atomic E-state index is 0.606. The third kappa shape index (κ3) is 5.35. The van der Waals surface area contributed by atoms with E-state index in [4.69, 9.17) is 0 Å². The average molecular weight is 285 g/mol. The second kappa shape index (κ2) is 8.63. The highest BCUT2D eigenvalue weighted by molar-refractivity contribution is 5.20. The number of benzene rings is 1. The van der Waals surface area contributed by atoms with Gasteiger partial charge in [-0.15, -0.1) is 0 Å². The maximum Gasteiger partial charge on any atom is 0.0521 e. The molecule has 1 heterocycles. The Bertz CT molecular complexity index is 504. The van der Waals surface area contributed by atoms with E-state index in [1.807, 2.05) is 17.9 Å². The molecule has 1 N–H and O–H groups in total. The van der Waals surface area contributed by atoms with Gasteiger partial charge >= 0.3 is 0 Å². The molecule has 0 radical (unpaired) electrons. The number of nitrogens with one attached hydrogen (secondary N) is 1. The number of rotatable bonds is 9. The number of aryl methyl sites for hydroxylation is 2. The standard InChI is InChI=1S/C18H27N3/c1-3-12-19-14-18(17-9-5-4-6-10-17)11-7-8-16-13-20-21(2)15-16/h4-6,9-10,13,15,18-19H,3,7-8,11-12,14H2,1-2H3. The zero-order valence-corrected chi connectivity index (χ0v) is 13.3. The molecular weight excluding hydrogens is 258 g/mol. The van der Waals surface area contributed by atoms with Crippen molar-refractivity contribution in [3.05, 3.63) is 53.9 Å². The molecule has 0 fully saturated rings. The summed E-state index contributed by atoms with van der Waals surface area (Å²) >= 11 is 0. The summed E-state index contributed by atoms with van der Waals surface area (Å²) in [6.45, 7) is 4.39. The molecule has 1 atom stereocenters. The summed E-state index contributed by atoms with van der Waals surface area (Å²) in [6.07, 6.45) is 8.83. The van der Waals surface area contributed by atoms with Gasteiger partial charge in [-0.1, -0.05) is 37.3 Å². The summed E-state index contributed by atoms with van der Waals surface area (Å²) in [5, 5.41) is 7.81. The molecule has 3 nitrogen and oxygen atoms in total. The predicted octanol–water partition coefficient (Wildman–Crippen LogP) is 3.53. The Balaban J connectivity index is 1.86. The summed E-state index contributed by atoms with van der Waals surface area (Å²) in [6, 6.07) is 10.9. The zero-order chi connectivity index (χ0) is 14.9. The molecule has 1 aromatic heterocycles. The highest BCUT2D eigenvalue weighted by atomic mass is 15.2. The van der Waals surface area contributed by atoms with Crippen molar-refractivity contribution >= 4 is 0 Å². The van der Waals surface area contributed by atoms with E-state index in [9.17, 15) is 0 Å². The lowest BCUT2D eigenvalue weighted by atomic mass is 9.93. The number of hydrogen-bond acceptors (Lipinski definition) is 2. The normalized spacial score (nSPS) is 12.5. The second-order valence-corrected chi connectivity index (χ2v) is 5.73. The van der Waals surface area contributed by atoms with Gasteiger partial charge < -0.3 is 5.32 Å². The summed E-state index contributed by atoms with van der Waals surface area (Å²) in [5.74, 6) is 0.606. The van der Waals surface area contributed by atoms with Gasteiger partial charge in [0.15, 0.2) is 0 Å². The molecule has 3 heteroatoms. The van der Waals surface area contributed by atoms with E-state index in [1.54, 1.807) is 0 Å². The van der Waals surface area contributed by atoms with Crippen LogP contribution in [0.5, 0.6) is 0 Å². The highest BCUT2D eigenvalue weighted by Crippen LogP contribution is 2.21. The van der Waals surface area contributed by atoms with Crippen LogP contribution < -0.4 is 5.32 Å². The Morgan fingerprint density at radius 2 is 2.05 bits per heavy atom. The number of nitrogens with zero attached hydrogens (tertiary/aromatic N) is 2. The molecule has 0 aliphatic rings. The van der Waals surface area contributed by atoms with Gasteiger partial charge in [0, 0.05) is 19.8 Å². The van der Waals surface area contributed by atoms with Crippen molar-refractivity contribution in [2.75, 3.05) is 13.1 Å². The molecule has 2 rings (SSSR count). The maximum absolute atomic E-state index is 4.24. The lowest BCUT2D eigenvalue weighted by molar-refractivity contribution is 0.532. The Hall–Kier alpha value is -1.61. The molecule has 1 aromatic carbocycles. The average Bonchev–Trinajstić information content (AvgIpc) is 2.92. The Morgan fingerprint density at radius 3 is 2.71 bits per heavy atom. The second-order valence-electron chi connectivity index (χ2n) is 5.73. The van der Waals surface area contributed by atoms with Gasteiger partial charge in [-0.25, -0.2) is 0 Å². The van der Waals surface area contributed by atoms with Gasteiger partial charge in [0.1, 0.15) is 0 Å². The van der Waals surface area contributed by atoms with Gasteiger partial charge in [-0.3, -0.25) is 4.68 Å². The summed E-state index contributed by atoms with van der Waals surface area (Å²) in [5.41, 5.74) is 2.79. The van der Waals surface area contributed by atoms with Crippen LogP contribution in [0.3, 0.4) is 0 Å². The monoisotopic (exact) mass is 285 g/mol. The van der Waals surface area contributed by atoms with Crippen LogP contribution >= 0.6 is 0 Å². The minimum Gasteiger partial charge on any atom is -0.316 e. The van der Waals surface area contributed by atoms with E-state index < -0.39 is 0 Å². The first-order valence-electron chi connectivity index (χ1n) is 8.02.